The maximum Gasteiger partial charge on any atom is 0.355 e. The summed E-state index contributed by atoms with van der Waals surface area (Å²) in [5, 5.41) is 0. The van der Waals surface area contributed by atoms with Gasteiger partial charge in [0.15, 0.2) is 5.78 Å². The topological polar surface area (TPSA) is 77.6 Å². The number of unbranched alkanes of at least 4 members (excludes halogenated alkanes) is 4. The van der Waals surface area contributed by atoms with Crippen LogP contribution in [0.4, 0.5) is 0 Å². The molecule has 0 bridgehead atoms. The highest BCUT2D eigenvalue weighted by molar-refractivity contribution is 6.03. The zero-order valence-corrected chi connectivity index (χ0v) is 19.0. The van der Waals surface area contributed by atoms with Gasteiger partial charge in [-0.25, -0.2) is 4.79 Å². The van der Waals surface area contributed by atoms with Gasteiger partial charge in [0.05, 0.1) is 20.8 Å². The van der Waals surface area contributed by atoms with E-state index in [4.69, 9.17) is 14.2 Å². The van der Waals surface area contributed by atoms with Crippen molar-refractivity contribution in [3.8, 4) is 11.5 Å². The fraction of sp³-hybridized carbons (Fsp3) is 0.520. The van der Waals surface area contributed by atoms with E-state index < -0.39 is 0 Å². The summed E-state index contributed by atoms with van der Waals surface area (Å²) in [7, 11) is 3.24. The Bertz CT molecular complexity index is 930. The number of carbonyl (C=O) groups is 2. The zero-order chi connectivity index (χ0) is 22.4. The van der Waals surface area contributed by atoms with Crippen LogP contribution in [-0.4, -0.2) is 37.6 Å². The molecular weight excluding hydrogens is 394 g/mol. The Morgan fingerprint density at radius 3 is 2.58 bits per heavy atom. The minimum atomic E-state index is -0.384. The molecule has 1 atom stereocenters. The first-order chi connectivity index (χ1) is 15.0. The van der Waals surface area contributed by atoms with Crippen molar-refractivity contribution < 1.29 is 23.8 Å². The van der Waals surface area contributed by atoms with Gasteiger partial charge >= 0.3 is 5.97 Å². The molecule has 6 heteroatoms. The molecule has 0 spiro atoms. The van der Waals surface area contributed by atoms with Crippen LogP contribution in [0.5, 0.6) is 11.5 Å². The number of benzene rings is 1. The van der Waals surface area contributed by atoms with E-state index in [0.717, 1.165) is 42.0 Å². The van der Waals surface area contributed by atoms with Crippen molar-refractivity contribution in [1.29, 1.82) is 0 Å². The smallest absolute Gasteiger partial charge is 0.355 e. The van der Waals surface area contributed by atoms with Crippen LogP contribution >= 0.6 is 0 Å². The quantitative estimate of drug-likeness (QED) is 0.407. The van der Waals surface area contributed by atoms with Crippen molar-refractivity contribution in [2.75, 3.05) is 20.8 Å². The zero-order valence-electron chi connectivity index (χ0n) is 19.0. The predicted octanol–water partition coefficient (Wildman–Crippen LogP) is 5.38. The number of hydrogen-bond donors (Lipinski definition) is 1. The minimum absolute atomic E-state index is 0.0310. The number of H-pyrrole nitrogens is 1. The second-order valence-corrected chi connectivity index (χ2v) is 8.16. The normalized spacial score (nSPS) is 15.5. The average Bonchev–Trinajstić information content (AvgIpc) is 3.12. The first-order valence-electron chi connectivity index (χ1n) is 11.1. The molecule has 168 valence electrons. The lowest BCUT2D eigenvalue weighted by atomic mass is 9.81. The molecular formula is C25H33NO5. The van der Waals surface area contributed by atoms with Gasteiger partial charge in [-0.1, -0.05) is 32.6 Å². The van der Waals surface area contributed by atoms with Gasteiger partial charge in [-0.05, 0) is 43.5 Å². The summed E-state index contributed by atoms with van der Waals surface area (Å²) in [6, 6.07) is 5.62. The van der Waals surface area contributed by atoms with Gasteiger partial charge < -0.3 is 19.2 Å². The van der Waals surface area contributed by atoms with E-state index in [9.17, 15) is 9.59 Å². The molecule has 2 aromatic rings. The van der Waals surface area contributed by atoms with E-state index in [2.05, 4.69) is 11.9 Å². The van der Waals surface area contributed by atoms with Crippen molar-refractivity contribution in [2.45, 2.75) is 64.7 Å². The lowest BCUT2D eigenvalue weighted by molar-refractivity contribution is 0.0490. The number of hydrogen-bond acceptors (Lipinski definition) is 5. The maximum atomic E-state index is 13.0. The number of ketones is 1. The number of rotatable bonds is 10. The number of carbonyl (C=O) groups excluding carboxylic acids is 2. The summed E-state index contributed by atoms with van der Waals surface area (Å²) in [6.45, 7) is 4.40. The molecule has 1 aromatic carbocycles. The van der Waals surface area contributed by atoms with Crippen LogP contribution in [0.15, 0.2) is 18.2 Å². The summed E-state index contributed by atoms with van der Waals surface area (Å²) in [6.07, 6.45) is 6.46. The third-order valence-corrected chi connectivity index (χ3v) is 6.05. The van der Waals surface area contributed by atoms with Crippen LogP contribution in [0, 0.1) is 6.92 Å². The number of methoxy groups -OCH3 is 2. The molecule has 0 unspecified atom stereocenters. The van der Waals surface area contributed by atoms with E-state index in [1.165, 1.54) is 12.8 Å². The highest BCUT2D eigenvalue weighted by atomic mass is 16.5. The number of fused-ring (bicyclic) bond motifs is 1. The second-order valence-electron chi connectivity index (χ2n) is 8.16. The Balaban J connectivity index is 1.75. The van der Waals surface area contributed by atoms with Crippen molar-refractivity contribution >= 4 is 11.8 Å². The van der Waals surface area contributed by atoms with E-state index in [-0.39, 0.29) is 17.7 Å². The number of aromatic nitrogens is 1. The first-order valence-corrected chi connectivity index (χ1v) is 11.1. The van der Waals surface area contributed by atoms with E-state index in [1.807, 2.05) is 25.1 Å². The molecule has 0 saturated carbocycles. The highest BCUT2D eigenvalue weighted by Gasteiger charge is 2.33. The lowest BCUT2D eigenvalue weighted by Gasteiger charge is -2.24. The van der Waals surface area contributed by atoms with Crippen LogP contribution in [0.2, 0.25) is 0 Å². The van der Waals surface area contributed by atoms with Gasteiger partial charge in [0.25, 0.3) is 0 Å². The summed E-state index contributed by atoms with van der Waals surface area (Å²) in [4.78, 5) is 28.8. The van der Waals surface area contributed by atoms with Gasteiger partial charge in [-0.3, -0.25) is 4.79 Å². The van der Waals surface area contributed by atoms with E-state index >= 15 is 0 Å². The van der Waals surface area contributed by atoms with Crippen molar-refractivity contribution in [3.63, 3.8) is 0 Å². The number of aromatic amines is 1. The average molecular weight is 428 g/mol. The Morgan fingerprint density at radius 1 is 1.10 bits per heavy atom. The number of esters is 1. The molecule has 3 rings (SSSR count). The largest absolute Gasteiger partial charge is 0.497 e. The Labute approximate surface area is 184 Å². The van der Waals surface area contributed by atoms with Crippen LogP contribution in [-0.2, 0) is 11.2 Å². The summed E-state index contributed by atoms with van der Waals surface area (Å²) in [5.41, 5.74) is 3.44. The summed E-state index contributed by atoms with van der Waals surface area (Å²) in [5.74, 6) is 1.05. The highest BCUT2D eigenvalue weighted by Crippen LogP contribution is 2.40. The molecule has 0 fully saturated rings. The molecule has 1 heterocycles. The van der Waals surface area contributed by atoms with Crippen LogP contribution < -0.4 is 9.47 Å². The van der Waals surface area contributed by atoms with Gasteiger partial charge in [0.2, 0.25) is 0 Å². The lowest BCUT2D eigenvalue weighted by Crippen LogP contribution is -2.19. The van der Waals surface area contributed by atoms with Crippen LogP contribution in [0.3, 0.4) is 0 Å². The fourth-order valence-corrected chi connectivity index (χ4v) is 4.36. The second kappa shape index (κ2) is 10.5. The third kappa shape index (κ3) is 5.12. The first kappa shape index (κ1) is 22.9. The van der Waals surface area contributed by atoms with Gasteiger partial charge in [0, 0.05) is 29.2 Å². The molecule has 0 amide bonds. The van der Waals surface area contributed by atoms with Gasteiger partial charge in [-0.2, -0.15) is 0 Å². The molecule has 1 N–H and O–H groups in total. The Morgan fingerprint density at radius 2 is 1.87 bits per heavy atom. The number of nitrogens with one attached hydrogen (secondary N) is 1. The van der Waals surface area contributed by atoms with Gasteiger partial charge in [0.1, 0.15) is 17.2 Å². The molecule has 6 nitrogen and oxygen atoms in total. The van der Waals surface area contributed by atoms with Gasteiger partial charge in [-0.15, -0.1) is 0 Å². The predicted molar refractivity (Wildman–Crippen MR) is 120 cm³/mol. The van der Waals surface area contributed by atoms with E-state index in [1.54, 1.807) is 14.2 Å². The molecule has 31 heavy (non-hydrogen) atoms. The molecule has 0 saturated heterocycles. The molecule has 1 aliphatic carbocycles. The molecule has 1 aromatic heterocycles. The maximum absolute atomic E-state index is 13.0. The standard InChI is InChI=1S/C25H33NO5/c1-5-6-7-8-9-12-31-25(28)24-16(2)23-20(26-24)13-17(14-21(23)27)19-15-18(29-3)10-11-22(19)30-4/h10-11,15,17,26H,5-9,12-14H2,1-4H3/t17-/m1/s1. The Hall–Kier alpha value is -2.76. The van der Waals surface area contributed by atoms with Crippen molar-refractivity contribution in [1.82, 2.24) is 4.98 Å². The molecule has 1 aliphatic rings. The monoisotopic (exact) mass is 427 g/mol. The van der Waals surface area contributed by atoms with Crippen LogP contribution in [0.1, 0.15) is 89.0 Å². The Kier molecular flexibility index (Phi) is 7.77. The van der Waals surface area contributed by atoms with E-state index in [0.29, 0.717) is 36.3 Å². The number of ether oxygens (including phenoxy) is 3. The molecule has 0 radical (unpaired) electrons. The summed E-state index contributed by atoms with van der Waals surface area (Å²) >= 11 is 0. The fourth-order valence-electron chi connectivity index (χ4n) is 4.36. The summed E-state index contributed by atoms with van der Waals surface area (Å²) < 4.78 is 16.3. The van der Waals surface area contributed by atoms with Crippen molar-refractivity contribution in [3.05, 3.63) is 46.3 Å². The number of Topliss-reactive ketones (excluding diaryl/α,β-unsaturated/α-hetero) is 1. The minimum Gasteiger partial charge on any atom is -0.497 e. The van der Waals surface area contributed by atoms with Crippen molar-refractivity contribution in [2.24, 2.45) is 0 Å². The molecule has 0 aliphatic heterocycles. The van der Waals surface area contributed by atoms with Crippen LogP contribution in [0.25, 0.3) is 0 Å². The SMILES string of the molecule is CCCCCCCOC(=O)c1[nH]c2c(c1C)C(=O)C[C@H](c1cc(OC)ccc1OC)C2. The third-order valence-electron chi connectivity index (χ3n) is 6.05.